The maximum absolute atomic E-state index is 13.0. The van der Waals surface area contributed by atoms with Gasteiger partial charge in [-0.2, -0.15) is 11.8 Å². The number of carbonyl (C=O) groups is 5. The van der Waals surface area contributed by atoms with Crippen LogP contribution < -0.4 is 21.7 Å². The molecule has 1 aromatic rings. The van der Waals surface area contributed by atoms with Gasteiger partial charge in [-0.15, -0.1) is 0 Å². The van der Waals surface area contributed by atoms with Crippen molar-refractivity contribution in [2.24, 2.45) is 11.7 Å². The number of carbonyl (C=O) groups excluding carboxylic acids is 3. The first-order chi connectivity index (χ1) is 17.3. The van der Waals surface area contributed by atoms with E-state index in [4.69, 9.17) is 5.73 Å². The molecule has 0 saturated carbocycles. The number of aromatic hydroxyl groups is 1. The Labute approximate surface area is 219 Å². The molecule has 4 atom stereocenters. The van der Waals surface area contributed by atoms with E-state index in [0.717, 1.165) is 0 Å². The lowest BCUT2D eigenvalue weighted by molar-refractivity contribution is -0.144. The van der Waals surface area contributed by atoms with E-state index in [0.29, 0.717) is 11.3 Å². The fourth-order valence-electron chi connectivity index (χ4n) is 3.38. The molecule has 13 heteroatoms. The van der Waals surface area contributed by atoms with E-state index in [9.17, 15) is 39.3 Å². The van der Waals surface area contributed by atoms with E-state index in [-0.39, 0.29) is 30.9 Å². The number of carboxylic acid groups (broad SMARTS) is 2. The zero-order valence-electron chi connectivity index (χ0n) is 21.1. The average molecular weight is 541 g/mol. The number of aliphatic carboxylic acids is 2. The monoisotopic (exact) mass is 540 g/mol. The van der Waals surface area contributed by atoms with E-state index >= 15 is 0 Å². The van der Waals surface area contributed by atoms with Gasteiger partial charge in [0.2, 0.25) is 17.7 Å². The molecule has 206 valence electrons. The van der Waals surface area contributed by atoms with Crippen LogP contribution in [-0.4, -0.2) is 81.2 Å². The van der Waals surface area contributed by atoms with Crippen molar-refractivity contribution in [2.45, 2.75) is 63.7 Å². The van der Waals surface area contributed by atoms with Crippen LogP contribution in [0.1, 0.15) is 38.7 Å². The van der Waals surface area contributed by atoms with Crippen molar-refractivity contribution in [3.63, 3.8) is 0 Å². The van der Waals surface area contributed by atoms with Gasteiger partial charge < -0.3 is 37.0 Å². The van der Waals surface area contributed by atoms with Gasteiger partial charge >= 0.3 is 11.9 Å². The third-order valence-corrected chi connectivity index (χ3v) is 5.95. The van der Waals surface area contributed by atoms with Gasteiger partial charge in [0.25, 0.3) is 0 Å². The first-order valence-corrected chi connectivity index (χ1v) is 13.1. The van der Waals surface area contributed by atoms with Crippen LogP contribution in [0.15, 0.2) is 24.3 Å². The Morgan fingerprint density at radius 2 is 1.43 bits per heavy atom. The highest BCUT2D eigenvalue weighted by Gasteiger charge is 2.31. The van der Waals surface area contributed by atoms with E-state index in [1.54, 1.807) is 32.2 Å². The molecule has 1 aromatic carbocycles. The summed E-state index contributed by atoms with van der Waals surface area (Å²) in [5, 5.41) is 35.2. The summed E-state index contributed by atoms with van der Waals surface area (Å²) >= 11 is 1.42. The fourth-order valence-corrected chi connectivity index (χ4v) is 3.85. The number of benzene rings is 1. The minimum absolute atomic E-state index is 0.0640. The Bertz CT molecular complexity index is 941. The van der Waals surface area contributed by atoms with Crippen LogP contribution in [-0.2, 0) is 30.4 Å². The Morgan fingerprint density at radius 1 is 0.892 bits per heavy atom. The molecular weight excluding hydrogens is 504 g/mol. The molecule has 0 saturated heterocycles. The van der Waals surface area contributed by atoms with Crippen molar-refractivity contribution in [2.75, 3.05) is 12.0 Å². The van der Waals surface area contributed by atoms with Crippen molar-refractivity contribution in [3.05, 3.63) is 29.8 Å². The molecule has 0 fully saturated rings. The summed E-state index contributed by atoms with van der Waals surface area (Å²) in [4.78, 5) is 61.3. The highest BCUT2D eigenvalue weighted by Crippen LogP contribution is 2.11. The first kappa shape index (κ1) is 31.7. The Hall–Kier alpha value is -3.32. The Balaban J connectivity index is 2.95. The number of phenolic OH excluding ortho intramolecular Hbond substituents is 1. The average Bonchev–Trinajstić information content (AvgIpc) is 2.81. The predicted molar refractivity (Wildman–Crippen MR) is 138 cm³/mol. The number of carboxylic acids is 2. The number of amides is 3. The molecule has 8 N–H and O–H groups in total. The minimum Gasteiger partial charge on any atom is -0.508 e. The number of hydrogen-bond donors (Lipinski definition) is 7. The van der Waals surface area contributed by atoms with Crippen molar-refractivity contribution in [1.29, 1.82) is 0 Å². The molecule has 37 heavy (non-hydrogen) atoms. The maximum atomic E-state index is 13.0. The first-order valence-electron chi connectivity index (χ1n) is 11.7. The lowest BCUT2D eigenvalue weighted by Gasteiger charge is -2.25. The molecule has 0 aliphatic heterocycles. The molecule has 0 bridgehead atoms. The molecule has 0 aromatic heterocycles. The fraction of sp³-hybridized carbons (Fsp3) is 0.542. The third kappa shape index (κ3) is 12.0. The molecule has 0 heterocycles. The molecule has 0 aliphatic carbocycles. The Kier molecular flexibility index (Phi) is 13.5. The molecular formula is C24H36N4O8S. The quantitative estimate of drug-likeness (QED) is 0.150. The number of rotatable bonds is 16. The second-order valence-electron chi connectivity index (χ2n) is 9.01. The van der Waals surface area contributed by atoms with Crippen LogP contribution in [0.4, 0.5) is 0 Å². The summed E-state index contributed by atoms with van der Waals surface area (Å²) in [5.41, 5.74) is 6.69. The summed E-state index contributed by atoms with van der Waals surface area (Å²) in [5.74, 6) is -4.57. The molecule has 0 spiro atoms. The number of thioether (sulfide) groups is 1. The SMILES string of the molecule is CSCCC(NC(=O)C(N)Cc1ccc(O)cc1)C(=O)NC(CC(=O)O)C(=O)NC(CC(C)C)C(=O)O. The summed E-state index contributed by atoms with van der Waals surface area (Å²) < 4.78 is 0. The van der Waals surface area contributed by atoms with Crippen LogP contribution in [0.5, 0.6) is 5.75 Å². The van der Waals surface area contributed by atoms with Crippen LogP contribution in [0, 0.1) is 5.92 Å². The highest BCUT2D eigenvalue weighted by molar-refractivity contribution is 7.98. The maximum Gasteiger partial charge on any atom is 0.326 e. The van der Waals surface area contributed by atoms with Crippen molar-refractivity contribution in [1.82, 2.24) is 16.0 Å². The third-order valence-electron chi connectivity index (χ3n) is 5.31. The van der Waals surface area contributed by atoms with Gasteiger partial charge in [0, 0.05) is 0 Å². The van der Waals surface area contributed by atoms with Gasteiger partial charge in [-0.25, -0.2) is 4.79 Å². The largest absolute Gasteiger partial charge is 0.508 e. The molecule has 1 rings (SSSR count). The zero-order chi connectivity index (χ0) is 28.1. The van der Waals surface area contributed by atoms with Crippen LogP contribution in [0.3, 0.4) is 0 Å². The van der Waals surface area contributed by atoms with Crippen molar-refractivity contribution >= 4 is 41.4 Å². The number of phenols is 1. The molecule has 3 amide bonds. The number of nitrogens with two attached hydrogens (primary N) is 1. The van der Waals surface area contributed by atoms with Crippen LogP contribution in [0.2, 0.25) is 0 Å². The number of hydrogen-bond acceptors (Lipinski definition) is 8. The van der Waals surface area contributed by atoms with E-state index in [1.807, 2.05) is 0 Å². The summed E-state index contributed by atoms with van der Waals surface area (Å²) in [6.45, 7) is 3.54. The molecule has 0 radical (unpaired) electrons. The van der Waals surface area contributed by atoms with E-state index in [1.165, 1.54) is 23.9 Å². The predicted octanol–water partition coefficient (Wildman–Crippen LogP) is 0.0749. The van der Waals surface area contributed by atoms with Crippen LogP contribution >= 0.6 is 11.8 Å². The van der Waals surface area contributed by atoms with Gasteiger partial charge in [0.1, 0.15) is 23.9 Å². The normalized spacial score (nSPS) is 14.2. The topological polar surface area (TPSA) is 208 Å². The molecule has 12 nitrogen and oxygen atoms in total. The highest BCUT2D eigenvalue weighted by atomic mass is 32.2. The second-order valence-corrected chi connectivity index (χ2v) is 9.99. The van der Waals surface area contributed by atoms with Crippen molar-refractivity contribution < 1.29 is 39.3 Å². The molecule has 4 unspecified atom stereocenters. The van der Waals surface area contributed by atoms with Gasteiger partial charge in [-0.3, -0.25) is 19.2 Å². The lowest BCUT2D eigenvalue weighted by Crippen LogP contribution is -2.57. The second kappa shape index (κ2) is 15.7. The zero-order valence-corrected chi connectivity index (χ0v) is 21.9. The van der Waals surface area contributed by atoms with E-state index in [2.05, 4.69) is 16.0 Å². The smallest absolute Gasteiger partial charge is 0.326 e. The van der Waals surface area contributed by atoms with Gasteiger partial charge in [0.05, 0.1) is 12.5 Å². The standard InChI is InChI=1S/C24H36N4O8S/c1-13(2)10-19(24(35)36)28-23(34)18(12-20(30)31)27-22(33)17(8-9-37-3)26-21(32)16(25)11-14-4-6-15(29)7-5-14/h4-7,13,16-19,29H,8-12,25H2,1-3H3,(H,26,32)(H,27,33)(H,28,34)(H,30,31)(H,35,36). The molecule has 0 aliphatic rings. The Morgan fingerprint density at radius 3 is 1.95 bits per heavy atom. The minimum atomic E-state index is -1.56. The van der Waals surface area contributed by atoms with Gasteiger partial charge in [0.15, 0.2) is 0 Å². The summed E-state index contributed by atoms with van der Waals surface area (Å²) in [7, 11) is 0. The summed E-state index contributed by atoms with van der Waals surface area (Å²) in [6, 6.07) is 1.19. The lowest BCUT2D eigenvalue weighted by atomic mass is 10.0. The van der Waals surface area contributed by atoms with Gasteiger partial charge in [-0.05, 0) is 54.9 Å². The van der Waals surface area contributed by atoms with Gasteiger partial charge in [-0.1, -0.05) is 26.0 Å². The van der Waals surface area contributed by atoms with E-state index < -0.39 is 60.2 Å². The van der Waals surface area contributed by atoms with Crippen LogP contribution in [0.25, 0.3) is 0 Å². The van der Waals surface area contributed by atoms with Crippen molar-refractivity contribution in [3.8, 4) is 5.75 Å². The summed E-state index contributed by atoms with van der Waals surface area (Å²) in [6.07, 6.45) is 1.45. The number of nitrogens with one attached hydrogen (secondary N) is 3.